The van der Waals surface area contributed by atoms with Gasteiger partial charge in [-0.15, -0.1) is 0 Å². The van der Waals surface area contributed by atoms with Gasteiger partial charge in [0.05, 0.1) is 31.5 Å². The summed E-state index contributed by atoms with van der Waals surface area (Å²) in [6.07, 6.45) is 2.16. The highest BCUT2D eigenvalue weighted by atomic mass is 16.5. The van der Waals surface area contributed by atoms with E-state index in [1.54, 1.807) is 16.8 Å². The molecule has 1 aromatic carbocycles. The molecule has 1 N–H and O–H groups in total. The molecule has 0 radical (unpaired) electrons. The van der Waals surface area contributed by atoms with Crippen molar-refractivity contribution in [3.63, 3.8) is 0 Å². The average molecular weight is 308 g/mol. The number of benzene rings is 1. The van der Waals surface area contributed by atoms with Gasteiger partial charge in [-0.3, -0.25) is 4.68 Å². The van der Waals surface area contributed by atoms with E-state index < -0.39 is 0 Å². The predicted molar refractivity (Wildman–Crippen MR) is 83.5 cm³/mol. The molecule has 0 unspecified atom stereocenters. The Bertz CT molecular complexity index is 790. The molecule has 1 fully saturated rings. The minimum Gasteiger partial charge on any atom is -0.455 e. The van der Waals surface area contributed by atoms with Crippen molar-refractivity contribution >= 4 is 5.69 Å². The number of aryl methyl sites for hydroxylation is 1. The quantitative estimate of drug-likeness (QED) is 0.860. The SMILES string of the molecule is [C-]#[N+]c1cc(C#N)cc(Oc2c(C)nn(CCO)c2C2CC2)c1. The number of hydrogen-bond donors (Lipinski definition) is 1. The predicted octanol–water partition coefficient (Wildman–Crippen LogP) is 3.28. The Morgan fingerprint density at radius 3 is 2.87 bits per heavy atom. The molecule has 1 aliphatic rings. The minimum absolute atomic E-state index is 0.0199. The molecule has 1 saturated carbocycles. The normalized spacial score (nSPS) is 13.4. The third-order valence-corrected chi connectivity index (χ3v) is 3.76. The van der Waals surface area contributed by atoms with Crippen LogP contribution in [0.2, 0.25) is 0 Å². The van der Waals surface area contributed by atoms with Crippen LogP contribution in [0, 0.1) is 24.8 Å². The lowest BCUT2D eigenvalue weighted by molar-refractivity contribution is 0.267. The second-order valence-electron chi connectivity index (χ2n) is 5.56. The second kappa shape index (κ2) is 6.12. The number of aromatic nitrogens is 2. The van der Waals surface area contributed by atoms with Gasteiger partial charge in [-0.2, -0.15) is 10.4 Å². The van der Waals surface area contributed by atoms with Gasteiger partial charge in [0.2, 0.25) is 0 Å². The molecule has 23 heavy (non-hydrogen) atoms. The highest BCUT2D eigenvalue weighted by molar-refractivity contribution is 5.56. The molecule has 0 saturated heterocycles. The first-order valence-electron chi connectivity index (χ1n) is 7.45. The maximum atomic E-state index is 9.20. The summed E-state index contributed by atoms with van der Waals surface area (Å²) in [4.78, 5) is 3.37. The summed E-state index contributed by atoms with van der Waals surface area (Å²) in [5, 5.41) is 22.7. The molecular formula is C17H16N4O2. The molecule has 1 aliphatic carbocycles. The third-order valence-electron chi connectivity index (χ3n) is 3.76. The Morgan fingerprint density at radius 1 is 1.48 bits per heavy atom. The number of rotatable bonds is 5. The largest absolute Gasteiger partial charge is 0.455 e. The lowest BCUT2D eigenvalue weighted by atomic mass is 10.2. The Kier molecular flexibility index (Phi) is 4.01. The van der Waals surface area contributed by atoms with Gasteiger partial charge in [0.25, 0.3) is 0 Å². The van der Waals surface area contributed by atoms with Crippen LogP contribution in [0.3, 0.4) is 0 Å². The maximum Gasteiger partial charge on any atom is 0.192 e. The number of nitrogens with zero attached hydrogens (tertiary/aromatic N) is 4. The van der Waals surface area contributed by atoms with E-state index in [0.717, 1.165) is 24.2 Å². The first kappa shape index (κ1) is 15.1. The molecule has 0 aliphatic heterocycles. The van der Waals surface area contributed by atoms with Crippen LogP contribution in [-0.4, -0.2) is 21.5 Å². The van der Waals surface area contributed by atoms with Crippen molar-refractivity contribution in [2.24, 2.45) is 0 Å². The molecule has 6 heteroatoms. The zero-order valence-electron chi connectivity index (χ0n) is 12.8. The van der Waals surface area contributed by atoms with Gasteiger partial charge in [0.1, 0.15) is 11.4 Å². The van der Waals surface area contributed by atoms with Crippen LogP contribution in [0.1, 0.15) is 35.7 Å². The van der Waals surface area contributed by atoms with Gasteiger partial charge >= 0.3 is 0 Å². The fourth-order valence-corrected chi connectivity index (χ4v) is 2.62. The summed E-state index contributed by atoms with van der Waals surface area (Å²) in [6.45, 7) is 9.44. The molecule has 3 rings (SSSR count). The van der Waals surface area contributed by atoms with Crippen molar-refractivity contribution in [2.45, 2.75) is 32.2 Å². The molecule has 1 heterocycles. The first-order valence-corrected chi connectivity index (χ1v) is 7.45. The summed E-state index contributed by atoms with van der Waals surface area (Å²) < 4.78 is 7.79. The molecule has 0 bridgehead atoms. The molecule has 1 aromatic heterocycles. The van der Waals surface area contributed by atoms with Crippen molar-refractivity contribution in [3.8, 4) is 17.6 Å². The van der Waals surface area contributed by atoms with Gasteiger partial charge in [0.15, 0.2) is 11.4 Å². The first-order chi connectivity index (χ1) is 11.2. The monoisotopic (exact) mass is 308 g/mol. The fourth-order valence-electron chi connectivity index (χ4n) is 2.62. The number of aliphatic hydroxyl groups is 1. The van der Waals surface area contributed by atoms with Gasteiger partial charge in [-0.25, -0.2) is 4.85 Å². The zero-order valence-corrected chi connectivity index (χ0v) is 12.8. The summed E-state index contributed by atoms with van der Waals surface area (Å²) in [5.74, 6) is 1.54. The van der Waals surface area contributed by atoms with Crippen molar-refractivity contribution in [1.29, 1.82) is 5.26 Å². The number of ether oxygens (including phenoxy) is 1. The molecular weight excluding hydrogens is 292 g/mol. The van der Waals surface area contributed by atoms with E-state index in [0.29, 0.717) is 35.2 Å². The molecule has 0 amide bonds. The minimum atomic E-state index is 0.0199. The topological polar surface area (TPSA) is 75.4 Å². The summed E-state index contributed by atoms with van der Waals surface area (Å²) in [7, 11) is 0. The van der Waals surface area contributed by atoms with Crippen LogP contribution >= 0.6 is 0 Å². The van der Waals surface area contributed by atoms with E-state index in [-0.39, 0.29) is 6.61 Å². The van der Waals surface area contributed by atoms with Crippen molar-refractivity contribution < 1.29 is 9.84 Å². The third kappa shape index (κ3) is 3.03. The highest BCUT2D eigenvalue weighted by Crippen LogP contribution is 2.46. The van der Waals surface area contributed by atoms with E-state index in [1.165, 1.54) is 6.07 Å². The lowest BCUT2D eigenvalue weighted by Gasteiger charge is -2.10. The van der Waals surface area contributed by atoms with Crippen LogP contribution in [0.15, 0.2) is 18.2 Å². The van der Waals surface area contributed by atoms with Gasteiger partial charge < -0.3 is 9.84 Å². The van der Waals surface area contributed by atoms with Crippen molar-refractivity contribution in [1.82, 2.24) is 9.78 Å². The van der Waals surface area contributed by atoms with Gasteiger partial charge in [-0.05, 0) is 38.0 Å². The molecule has 0 spiro atoms. The van der Waals surface area contributed by atoms with Gasteiger partial charge in [-0.1, -0.05) is 0 Å². The number of nitriles is 1. The Balaban J connectivity index is 2.00. The number of hydrogen-bond acceptors (Lipinski definition) is 4. The fraction of sp³-hybridized carbons (Fsp3) is 0.353. The second-order valence-corrected chi connectivity index (χ2v) is 5.56. The lowest BCUT2D eigenvalue weighted by Crippen LogP contribution is -2.07. The van der Waals surface area contributed by atoms with Crippen LogP contribution in [0.5, 0.6) is 11.5 Å². The highest BCUT2D eigenvalue weighted by Gasteiger charge is 2.32. The maximum absolute atomic E-state index is 9.20. The van der Waals surface area contributed by atoms with Crippen LogP contribution in [0.25, 0.3) is 4.85 Å². The number of aliphatic hydroxyl groups excluding tert-OH is 1. The van der Waals surface area contributed by atoms with E-state index >= 15 is 0 Å². The molecule has 0 atom stereocenters. The van der Waals surface area contributed by atoms with Crippen LogP contribution in [-0.2, 0) is 6.54 Å². The van der Waals surface area contributed by atoms with Gasteiger partial charge in [0, 0.05) is 11.5 Å². The van der Waals surface area contributed by atoms with Crippen molar-refractivity contribution in [2.75, 3.05) is 6.61 Å². The van der Waals surface area contributed by atoms with Crippen molar-refractivity contribution in [3.05, 3.63) is 46.6 Å². The van der Waals surface area contributed by atoms with E-state index in [4.69, 9.17) is 16.6 Å². The van der Waals surface area contributed by atoms with E-state index in [1.807, 2.05) is 13.0 Å². The smallest absolute Gasteiger partial charge is 0.192 e. The summed E-state index contributed by atoms with van der Waals surface area (Å²) >= 11 is 0. The standard InChI is InChI=1S/C17H16N4O2/c1-11-17(16(13-3-4-13)21(20-11)5-6-22)23-15-8-12(10-18)7-14(9-15)19-2/h7-9,13,22H,3-6H2,1H3. The Morgan fingerprint density at radius 2 is 2.26 bits per heavy atom. The molecule has 6 nitrogen and oxygen atoms in total. The van der Waals surface area contributed by atoms with E-state index in [9.17, 15) is 5.11 Å². The zero-order chi connectivity index (χ0) is 16.4. The Labute approximate surface area is 134 Å². The molecule has 2 aromatic rings. The Hall–Kier alpha value is -2.83. The van der Waals surface area contributed by atoms with E-state index in [2.05, 4.69) is 9.94 Å². The average Bonchev–Trinajstić information content (AvgIpc) is 3.34. The molecule has 116 valence electrons. The van der Waals surface area contributed by atoms with Crippen LogP contribution < -0.4 is 4.74 Å². The summed E-state index contributed by atoms with van der Waals surface area (Å²) in [6, 6.07) is 6.81. The summed E-state index contributed by atoms with van der Waals surface area (Å²) in [5.41, 5.74) is 2.49. The van der Waals surface area contributed by atoms with Crippen LogP contribution in [0.4, 0.5) is 5.69 Å².